The third kappa shape index (κ3) is 5.40. The Balaban J connectivity index is 1.96. The number of thioether (sulfide) groups is 1. The van der Waals surface area contributed by atoms with Crippen molar-refractivity contribution in [3.63, 3.8) is 0 Å². The van der Waals surface area contributed by atoms with Crippen LogP contribution in [0.5, 0.6) is 0 Å². The number of nitrogens with zero attached hydrogens (tertiary/aromatic N) is 1. The second-order valence-corrected chi connectivity index (χ2v) is 8.55. The second-order valence-electron chi connectivity index (χ2n) is 6.63. The van der Waals surface area contributed by atoms with Crippen molar-refractivity contribution in [3.8, 4) is 0 Å². The molecular weight excluding hydrogens is 337 g/mol. The number of hydrogen-bond donors (Lipinski definition) is 1. The summed E-state index contributed by atoms with van der Waals surface area (Å²) in [6.07, 6.45) is 3.41. The summed E-state index contributed by atoms with van der Waals surface area (Å²) < 4.78 is 36.9. The molecule has 134 valence electrons. The Bertz CT molecular complexity index is 550. The molecule has 0 aromatic carbocycles. The van der Waals surface area contributed by atoms with Crippen molar-refractivity contribution in [2.45, 2.75) is 68.5 Å². The molecule has 1 heterocycles. The summed E-state index contributed by atoms with van der Waals surface area (Å²) >= 11 is 1.65. The lowest BCUT2D eigenvalue weighted by Gasteiger charge is -2.27. The number of carbonyl (C=O) groups excluding carboxylic acids is 1. The van der Waals surface area contributed by atoms with E-state index in [0.29, 0.717) is 5.25 Å². The maximum Gasteiger partial charge on any atom is 0.417 e. The normalized spacial score (nSPS) is 17.4. The first kappa shape index (κ1) is 19.1. The number of anilines is 1. The molecule has 24 heavy (non-hydrogen) atoms. The van der Waals surface area contributed by atoms with Crippen LogP contribution in [0.4, 0.5) is 19.0 Å². The maximum atomic E-state index is 12.5. The number of halogens is 3. The van der Waals surface area contributed by atoms with Gasteiger partial charge in [0.25, 0.3) is 0 Å². The molecule has 1 aromatic rings. The van der Waals surface area contributed by atoms with Gasteiger partial charge >= 0.3 is 6.18 Å². The summed E-state index contributed by atoms with van der Waals surface area (Å²) in [5, 5.41) is 3.08. The highest BCUT2D eigenvalue weighted by Gasteiger charge is 2.33. The number of hydrogen-bond acceptors (Lipinski definition) is 3. The monoisotopic (exact) mass is 360 g/mol. The summed E-state index contributed by atoms with van der Waals surface area (Å²) in [6, 6.07) is 2.11. The van der Waals surface area contributed by atoms with Gasteiger partial charge in [-0.15, -0.1) is 11.8 Å². The van der Waals surface area contributed by atoms with Gasteiger partial charge in [-0.25, -0.2) is 4.98 Å². The Morgan fingerprint density at radius 2 is 1.79 bits per heavy atom. The predicted octanol–water partition coefficient (Wildman–Crippen LogP) is 5.27. The number of amides is 1. The summed E-state index contributed by atoms with van der Waals surface area (Å²) in [4.78, 5) is 16.2. The minimum absolute atomic E-state index is 0.141. The smallest absolute Gasteiger partial charge is 0.310 e. The molecule has 1 saturated carbocycles. The van der Waals surface area contributed by atoms with Crippen molar-refractivity contribution in [2.75, 3.05) is 5.32 Å². The average molecular weight is 360 g/mol. The lowest BCUT2D eigenvalue weighted by molar-refractivity contribution is -0.137. The van der Waals surface area contributed by atoms with Crippen molar-refractivity contribution in [1.82, 2.24) is 4.98 Å². The van der Waals surface area contributed by atoms with E-state index in [4.69, 9.17) is 0 Å². The fourth-order valence-corrected chi connectivity index (χ4v) is 4.29. The Morgan fingerprint density at radius 3 is 2.29 bits per heavy atom. The van der Waals surface area contributed by atoms with Crippen molar-refractivity contribution in [2.24, 2.45) is 0 Å². The minimum Gasteiger partial charge on any atom is -0.310 e. The number of rotatable bonds is 4. The molecule has 0 aliphatic heterocycles. The van der Waals surface area contributed by atoms with Gasteiger partial charge in [0, 0.05) is 11.4 Å². The molecule has 1 N–H and O–H groups in total. The van der Waals surface area contributed by atoms with Crippen LogP contribution in [-0.2, 0) is 11.0 Å². The van der Waals surface area contributed by atoms with Gasteiger partial charge in [0.2, 0.25) is 5.91 Å². The molecular formula is C17H23F3N2OS. The Labute approximate surface area is 144 Å². The van der Waals surface area contributed by atoms with Gasteiger partial charge in [-0.3, -0.25) is 4.79 Å². The van der Waals surface area contributed by atoms with Gasteiger partial charge in [-0.05, 0) is 38.8 Å². The third-order valence-corrected chi connectivity index (χ3v) is 5.72. The number of aromatic nitrogens is 1. The van der Waals surface area contributed by atoms with Crippen LogP contribution in [0.25, 0.3) is 0 Å². The lowest BCUT2D eigenvalue weighted by atomic mass is 10.2. The summed E-state index contributed by atoms with van der Waals surface area (Å²) in [5.41, 5.74) is -0.826. The number of nitrogens with one attached hydrogen (secondary N) is 1. The summed E-state index contributed by atoms with van der Waals surface area (Å²) in [5.74, 6) is -0.0912. The zero-order valence-corrected chi connectivity index (χ0v) is 14.8. The maximum absolute atomic E-state index is 12.5. The van der Waals surface area contributed by atoms with E-state index in [0.717, 1.165) is 25.1 Å². The van der Waals surface area contributed by atoms with Crippen LogP contribution >= 0.6 is 11.8 Å². The van der Waals surface area contributed by atoms with Gasteiger partial charge in [0.1, 0.15) is 5.82 Å². The van der Waals surface area contributed by atoms with E-state index in [1.54, 1.807) is 11.8 Å². The van der Waals surface area contributed by atoms with E-state index < -0.39 is 16.5 Å². The average Bonchev–Trinajstić information content (AvgIpc) is 2.75. The molecule has 0 bridgehead atoms. The van der Waals surface area contributed by atoms with Gasteiger partial charge in [-0.2, -0.15) is 13.2 Å². The molecule has 0 saturated heterocycles. The first-order valence-corrected chi connectivity index (χ1v) is 9.09. The quantitative estimate of drug-likeness (QED) is 0.744. The Morgan fingerprint density at radius 1 is 1.17 bits per heavy atom. The highest BCUT2D eigenvalue weighted by atomic mass is 32.2. The number of alkyl halides is 3. The van der Waals surface area contributed by atoms with Gasteiger partial charge in [-0.1, -0.05) is 25.7 Å². The van der Waals surface area contributed by atoms with Crippen molar-refractivity contribution in [1.29, 1.82) is 0 Å². The molecule has 1 aromatic heterocycles. The van der Waals surface area contributed by atoms with E-state index in [-0.39, 0.29) is 11.7 Å². The zero-order chi connectivity index (χ0) is 17.8. The van der Waals surface area contributed by atoms with E-state index in [1.165, 1.54) is 31.7 Å². The summed E-state index contributed by atoms with van der Waals surface area (Å²) in [7, 11) is 0. The molecule has 1 aliphatic carbocycles. The molecule has 1 amide bonds. The van der Waals surface area contributed by atoms with Gasteiger partial charge < -0.3 is 5.32 Å². The van der Waals surface area contributed by atoms with Crippen LogP contribution in [0.1, 0.15) is 57.9 Å². The lowest BCUT2D eigenvalue weighted by Crippen LogP contribution is -2.36. The van der Waals surface area contributed by atoms with E-state index >= 15 is 0 Å². The van der Waals surface area contributed by atoms with Gasteiger partial charge in [0.05, 0.1) is 10.3 Å². The largest absolute Gasteiger partial charge is 0.417 e. The van der Waals surface area contributed by atoms with Crippen LogP contribution in [0.2, 0.25) is 0 Å². The van der Waals surface area contributed by atoms with Crippen LogP contribution < -0.4 is 5.32 Å². The fraction of sp³-hybridized carbons (Fsp3) is 0.647. The van der Waals surface area contributed by atoms with Crippen molar-refractivity contribution >= 4 is 23.5 Å². The van der Waals surface area contributed by atoms with E-state index in [1.807, 2.05) is 13.8 Å². The van der Waals surface area contributed by atoms with Crippen LogP contribution in [0.15, 0.2) is 18.3 Å². The molecule has 3 nitrogen and oxygen atoms in total. The molecule has 7 heteroatoms. The molecule has 2 rings (SSSR count). The second kappa shape index (κ2) is 7.76. The van der Waals surface area contributed by atoms with Crippen LogP contribution in [0, 0.1) is 0 Å². The summed E-state index contributed by atoms with van der Waals surface area (Å²) in [6.45, 7) is 3.70. The topological polar surface area (TPSA) is 42.0 Å². The number of pyridine rings is 1. The van der Waals surface area contributed by atoms with Crippen LogP contribution in [0.3, 0.4) is 0 Å². The number of carbonyl (C=O) groups is 1. The standard InChI is InChI=1S/C17H23F3N2OS/c1-16(2,24-13-7-5-3-4-6-8-13)15(23)22-14-10-9-12(11-21-14)17(18,19)20/h9-11,13H,3-8H2,1-2H3,(H,21,22,23). The highest BCUT2D eigenvalue weighted by molar-refractivity contribution is 8.02. The van der Waals surface area contributed by atoms with Gasteiger partial charge in [0.15, 0.2) is 0 Å². The zero-order valence-electron chi connectivity index (χ0n) is 13.9. The van der Waals surface area contributed by atoms with Crippen molar-refractivity contribution in [3.05, 3.63) is 23.9 Å². The molecule has 1 aliphatic rings. The molecule has 0 unspecified atom stereocenters. The first-order valence-electron chi connectivity index (χ1n) is 8.21. The minimum atomic E-state index is -4.43. The van der Waals surface area contributed by atoms with Crippen LogP contribution in [-0.4, -0.2) is 20.9 Å². The van der Waals surface area contributed by atoms with E-state index in [9.17, 15) is 18.0 Å². The molecule has 0 spiro atoms. The first-order chi connectivity index (χ1) is 11.2. The fourth-order valence-electron chi connectivity index (χ4n) is 2.73. The highest BCUT2D eigenvalue weighted by Crippen LogP contribution is 2.37. The SMILES string of the molecule is CC(C)(SC1CCCCCC1)C(=O)Nc1ccc(C(F)(F)F)cn1. The molecule has 0 radical (unpaired) electrons. The Kier molecular flexibility index (Phi) is 6.17. The predicted molar refractivity (Wildman–Crippen MR) is 91.0 cm³/mol. The molecule has 0 atom stereocenters. The third-order valence-electron chi connectivity index (χ3n) is 4.14. The Hall–Kier alpha value is -1.24. The van der Waals surface area contributed by atoms with E-state index in [2.05, 4.69) is 10.3 Å². The van der Waals surface area contributed by atoms with Crippen molar-refractivity contribution < 1.29 is 18.0 Å². The molecule has 1 fully saturated rings.